The molecule has 30 heavy (non-hydrogen) atoms. The first-order valence-corrected chi connectivity index (χ1v) is 10.5. The van der Waals surface area contributed by atoms with E-state index in [-0.39, 0.29) is 11.8 Å². The van der Waals surface area contributed by atoms with Gasteiger partial charge in [0.1, 0.15) is 18.0 Å². The number of nitrogens with zero attached hydrogens (tertiary/aromatic N) is 3. The van der Waals surface area contributed by atoms with Gasteiger partial charge in [0, 0.05) is 18.3 Å². The number of rotatable bonds is 5. The van der Waals surface area contributed by atoms with E-state index in [1.807, 2.05) is 35.9 Å². The van der Waals surface area contributed by atoms with E-state index < -0.39 is 17.7 Å². The summed E-state index contributed by atoms with van der Waals surface area (Å²) in [5, 5.41) is 13.7. The summed E-state index contributed by atoms with van der Waals surface area (Å²) in [6.45, 7) is 5.42. The Labute approximate surface area is 177 Å². The number of hydrogen-bond acceptors (Lipinski definition) is 5. The molecule has 1 aliphatic rings. The maximum Gasteiger partial charge on any atom is 0.408 e. The Bertz CT molecular complexity index is 864. The topological polar surface area (TPSA) is 98.1 Å². The van der Waals surface area contributed by atoms with Gasteiger partial charge in [0.15, 0.2) is 5.82 Å². The molecule has 1 atom stereocenters. The maximum atomic E-state index is 13.1. The minimum Gasteiger partial charge on any atom is -0.444 e. The van der Waals surface area contributed by atoms with Crippen LogP contribution < -0.4 is 10.6 Å². The molecule has 1 saturated carbocycles. The SMILES string of the molecule is Cn1cnnc1-c1ccc(NC(=O)C(NC(=O)OC(C)(C)C)C2CCCCC2)cc1. The highest BCUT2D eigenvalue weighted by molar-refractivity contribution is 5.97. The van der Waals surface area contributed by atoms with Gasteiger partial charge in [-0.15, -0.1) is 10.2 Å². The second-order valence-electron chi connectivity index (χ2n) is 8.85. The molecule has 2 amide bonds. The van der Waals surface area contributed by atoms with Crippen LogP contribution in [0.25, 0.3) is 11.4 Å². The molecule has 3 rings (SSSR count). The van der Waals surface area contributed by atoms with E-state index in [0.717, 1.165) is 37.1 Å². The number of amides is 2. The molecule has 2 aromatic rings. The Morgan fingerprint density at radius 1 is 1.13 bits per heavy atom. The van der Waals surface area contributed by atoms with Crippen molar-refractivity contribution in [3.63, 3.8) is 0 Å². The number of carbonyl (C=O) groups is 2. The number of anilines is 1. The Morgan fingerprint density at radius 3 is 2.37 bits per heavy atom. The summed E-state index contributed by atoms with van der Waals surface area (Å²) in [5.74, 6) is 0.628. The van der Waals surface area contributed by atoms with Crippen molar-refractivity contribution in [2.75, 3.05) is 5.32 Å². The number of hydrogen-bond donors (Lipinski definition) is 2. The summed E-state index contributed by atoms with van der Waals surface area (Å²) in [5.41, 5.74) is 0.953. The van der Waals surface area contributed by atoms with Gasteiger partial charge in [0.2, 0.25) is 5.91 Å². The zero-order chi connectivity index (χ0) is 21.7. The maximum absolute atomic E-state index is 13.1. The van der Waals surface area contributed by atoms with E-state index in [1.54, 1.807) is 27.1 Å². The molecule has 0 saturated heterocycles. The van der Waals surface area contributed by atoms with Crippen molar-refractivity contribution in [1.82, 2.24) is 20.1 Å². The van der Waals surface area contributed by atoms with Gasteiger partial charge in [-0.05, 0) is 63.8 Å². The van der Waals surface area contributed by atoms with Crippen LogP contribution in [0.4, 0.5) is 10.5 Å². The Morgan fingerprint density at radius 2 is 1.80 bits per heavy atom. The largest absolute Gasteiger partial charge is 0.444 e. The molecule has 2 N–H and O–H groups in total. The average Bonchev–Trinajstić information content (AvgIpc) is 3.12. The molecule has 1 fully saturated rings. The molecular weight excluding hydrogens is 382 g/mol. The second kappa shape index (κ2) is 9.28. The fourth-order valence-corrected chi connectivity index (χ4v) is 3.77. The summed E-state index contributed by atoms with van der Waals surface area (Å²) in [6.07, 6.45) is 6.21. The summed E-state index contributed by atoms with van der Waals surface area (Å²) in [4.78, 5) is 25.4. The lowest BCUT2D eigenvalue weighted by atomic mass is 9.83. The van der Waals surface area contributed by atoms with Crippen molar-refractivity contribution in [3.05, 3.63) is 30.6 Å². The van der Waals surface area contributed by atoms with Crippen molar-refractivity contribution in [2.24, 2.45) is 13.0 Å². The molecule has 0 spiro atoms. The van der Waals surface area contributed by atoms with Crippen LogP contribution in [0.5, 0.6) is 0 Å². The highest BCUT2D eigenvalue weighted by Crippen LogP contribution is 2.28. The van der Waals surface area contributed by atoms with Gasteiger partial charge in [-0.3, -0.25) is 4.79 Å². The fraction of sp³-hybridized carbons (Fsp3) is 0.545. The zero-order valence-electron chi connectivity index (χ0n) is 18.1. The lowest BCUT2D eigenvalue weighted by Gasteiger charge is -2.31. The van der Waals surface area contributed by atoms with Crippen LogP contribution in [0, 0.1) is 5.92 Å². The van der Waals surface area contributed by atoms with Gasteiger partial charge in [-0.1, -0.05) is 19.3 Å². The third-order valence-electron chi connectivity index (χ3n) is 5.20. The standard InChI is InChI=1S/C22H31N5O3/c1-22(2,3)30-21(29)25-18(15-8-6-5-7-9-15)20(28)24-17-12-10-16(11-13-17)19-26-23-14-27(19)4/h10-15,18H,5-9H2,1-4H3,(H,24,28)(H,25,29). The Kier molecular flexibility index (Phi) is 6.74. The van der Waals surface area contributed by atoms with Crippen molar-refractivity contribution < 1.29 is 14.3 Å². The van der Waals surface area contributed by atoms with E-state index in [4.69, 9.17) is 4.74 Å². The number of aryl methyl sites for hydroxylation is 1. The minimum absolute atomic E-state index is 0.101. The van der Waals surface area contributed by atoms with Gasteiger partial charge in [0.25, 0.3) is 0 Å². The number of ether oxygens (including phenoxy) is 1. The first kappa shape index (κ1) is 21.8. The van der Waals surface area contributed by atoms with Crippen LogP contribution in [0.1, 0.15) is 52.9 Å². The van der Waals surface area contributed by atoms with Crippen LogP contribution in [-0.4, -0.2) is 38.4 Å². The second-order valence-corrected chi connectivity index (χ2v) is 8.85. The van der Waals surface area contributed by atoms with E-state index >= 15 is 0 Å². The Hall–Kier alpha value is -2.90. The highest BCUT2D eigenvalue weighted by Gasteiger charge is 2.32. The molecule has 0 radical (unpaired) electrons. The van der Waals surface area contributed by atoms with E-state index in [9.17, 15) is 9.59 Å². The molecule has 1 aromatic heterocycles. The molecular formula is C22H31N5O3. The number of aromatic nitrogens is 3. The van der Waals surface area contributed by atoms with Crippen LogP contribution in [0.3, 0.4) is 0 Å². The molecule has 162 valence electrons. The van der Waals surface area contributed by atoms with E-state index in [0.29, 0.717) is 5.69 Å². The van der Waals surface area contributed by atoms with Gasteiger partial charge < -0.3 is 19.9 Å². The number of benzene rings is 1. The van der Waals surface area contributed by atoms with Crippen LogP contribution in [0.2, 0.25) is 0 Å². The first-order valence-electron chi connectivity index (χ1n) is 10.5. The Balaban J connectivity index is 1.70. The quantitative estimate of drug-likeness (QED) is 0.775. The van der Waals surface area contributed by atoms with E-state index in [2.05, 4.69) is 20.8 Å². The fourth-order valence-electron chi connectivity index (χ4n) is 3.77. The minimum atomic E-state index is -0.626. The molecule has 8 nitrogen and oxygen atoms in total. The monoisotopic (exact) mass is 413 g/mol. The number of carbonyl (C=O) groups excluding carboxylic acids is 2. The first-order chi connectivity index (χ1) is 14.2. The van der Waals surface area contributed by atoms with Gasteiger partial charge >= 0.3 is 6.09 Å². The van der Waals surface area contributed by atoms with Crippen molar-refractivity contribution in [1.29, 1.82) is 0 Å². The lowest BCUT2D eigenvalue weighted by molar-refractivity contribution is -0.119. The molecule has 0 aliphatic heterocycles. The molecule has 1 aromatic carbocycles. The molecule has 0 bridgehead atoms. The molecule has 1 aliphatic carbocycles. The van der Waals surface area contributed by atoms with Crippen molar-refractivity contribution in [3.8, 4) is 11.4 Å². The normalized spacial score (nSPS) is 16.0. The summed E-state index contributed by atoms with van der Waals surface area (Å²) < 4.78 is 7.21. The molecule has 1 unspecified atom stereocenters. The third kappa shape index (κ3) is 5.81. The van der Waals surface area contributed by atoms with E-state index in [1.165, 1.54) is 6.42 Å². The summed E-state index contributed by atoms with van der Waals surface area (Å²) in [7, 11) is 1.88. The number of nitrogens with one attached hydrogen (secondary N) is 2. The van der Waals surface area contributed by atoms with Crippen LogP contribution in [-0.2, 0) is 16.6 Å². The molecule has 8 heteroatoms. The van der Waals surface area contributed by atoms with Gasteiger partial charge in [-0.25, -0.2) is 4.79 Å². The van der Waals surface area contributed by atoms with Crippen molar-refractivity contribution >= 4 is 17.7 Å². The van der Waals surface area contributed by atoms with Crippen LogP contribution in [0.15, 0.2) is 30.6 Å². The smallest absolute Gasteiger partial charge is 0.408 e. The lowest BCUT2D eigenvalue weighted by Crippen LogP contribution is -2.50. The van der Waals surface area contributed by atoms with Crippen LogP contribution >= 0.6 is 0 Å². The van der Waals surface area contributed by atoms with Gasteiger partial charge in [0.05, 0.1) is 0 Å². The van der Waals surface area contributed by atoms with Crippen molar-refractivity contribution in [2.45, 2.75) is 64.5 Å². The van der Waals surface area contributed by atoms with Gasteiger partial charge in [-0.2, -0.15) is 0 Å². The predicted molar refractivity (Wildman–Crippen MR) is 115 cm³/mol. The molecule has 1 heterocycles. The third-order valence-corrected chi connectivity index (χ3v) is 5.20. The summed E-state index contributed by atoms with van der Waals surface area (Å²) in [6, 6.07) is 6.80. The predicted octanol–water partition coefficient (Wildman–Crippen LogP) is 3.89. The highest BCUT2D eigenvalue weighted by atomic mass is 16.6. The number of alkyl carbamates (subject to hydrolysis) is 1. The average molecular weight is 414 g/mol. The summed E-state index contributed by atoms with van der Waals surface area (Å²) >= 11 is 0. The zero-order valence-corrected chi connectivity index (χ0v) is 18.1.